The quantitative estimate of drug-likeness (QED) is 0.731. The maximum absolute atomic E-state index is 4.16. The van der Waals surface area contributed by atoms with E-state index in [4.69, 9.17) is 0 Å². The Balaban J connectivity index is 1.78. The highest BCUT2D eigenvalue weighted by Gasteiger charge is 2.59. The number of hydrogen-bond acceptors (Lipinski definition) is 1. The summed E-state index contributed by atoms with van der Waals surface area (Å²) in [5.74, 6) is 0.985. The molecule has 0 heterocycles. The largest absolute Gasteiger partial charge is 0.307 e. The van der Waals surface area contributed by atoms with Crippen LogP contribution in [-0.2, 0) is 0 Å². The van der Waals surface area contributed by atoms with Gasteiger partial charge in [0, 0.05) is 12.1 Å². The molecule has 0 aromatic rings. The van der Waals surface area contributed by atoms with Gasteiger partial charge in [0.15, 0.2) is 0 Å². The van der Waals surface area contributed by atoms with Crippen LogP contribution >= 0.6 is 0 Å². The van der Waals surface area contributed by atoms with Crippen molar-refractivity contribution in [3.8, 4) is 0 Å². The second-order valence-electron chi connectivity index (χ2n) is 8.37. The minimum absolute atomic E-state index is 0.445. The Morgan fingerprint density at radius 2 is 1.72 bits per heavy atom. The maximum Gasteiger partial charge on any atom is 0.0197 e. The summed E-state index contributed by atoms with van der Waals surface area (Å²) in [6.45, 7) is 12.5. The third-order valence-electron chi connectivity index (χ3n) is 5.84. The van der Waals surface area contributed by atoms with E-state index >= 15 is 0 Å². The Kier molecular flexibility index (Phi) is 2.72. The van der Waals surface area contributed by atoms with E-state index in [0.29, 0.717) is 16.4 Å². The van der Waals surface area contributed by atoms with E-state index in [-0.39, 0.29) is 0 Å². The molecule has 1 nitrogen and oxygen atoms in total. The van der Waals surface area contributed by atoms with E-state index in [0.717, 1.165) is 18.9 Å². The number of hydrogen-bond donors (Lipinski definition) is 1. The molecule has 0 saturated heterocycles. The van der Waals surface area contributed by atoms with Gasteiger partial charge < -0.3 is 5.32 Å². The van der Waals surface area contributed by atoms with Gasteiger partial charge in [0.2, 0.25) is 0 Å². The Morgan fingerprint density at radius 1 is 1.11 bits per heavy atom. The highest BCUT2D eigenvalue weighted by atomic mass is 15.0. The molecule has 4 saturated carbocycles. The van der Waals surface area contributed by atoms with Gasteiger partial charge in [0.05, 0.1) is 0 Å². The molecule has 1 heteroatoms. The van der Waals surface area contributed by atoms with Gasteiger partial charge in [0.25, 0.3) is 0 Å². The summed E-state index contributed by atoms with van der Waals surface area (Å²) in [5.41, 5.74) is 3.05. The van der Waals surface area contributed by atoms with E-state index in [1.807, 2.05) is 0 Å². The number of rotatable bonds is 4. The lowest BCUT2D eigenvalue weighted by Gasteiger charge is -2.65. The van der Waals surface area contributed by atoms with Crippen molar-refractivity contribution in [1.29, 1.82) is 0 Å². The lowest BCUT2D eigenvalue weighted by molar-refractivity contribution is -0.117. The van der Waals surface area contributed by atoms with Crippen LogP contribution in [0.3, 0.4) is 0 Å². The molecule has 4 bridgehead atoms. The average molecular weight is 247 g/mol. The fraction of sp³-hybridized carbons (Fsp3) is 0.882. The molecule has 0 aromatic carbocycles. The standard InChI is InChI=1S/C17H29N/c1-5-13(2)9-18-17-8-14-6-15(3,11-17)10-16(4,7-14)12-17/h14,18H,2,5-12H2,1,3-4H3. The topological polar surface area (TPSA) is 12.0 Å². The smallest absolute Gasteiger partial charge is 0.0197 e. The molecular formula is C17H29N. The third-order valence-corrected chi connectivity index (χ3v) is 5.84. The summed E-state index contributed by atoms with van der Waals surface area (Å²) in [6, 6.07) is 0. The highest BCUT2D eigenvalue weighted by molar-refractivity contribution is 5.15. The summed E-state index contributed by atoms with van der Waals surface area (Å²) in [5, 5.41) is 3.93. The predicted octanol–water partition coefficient (Wildman–Crippen LogP) is 4.29. The molecule has 4 aliphatic carbocycles. The Bertz CT molecular complexity index is 352. The molecule has 2 unspecified atom stereocenters. The summed E-state index contributed by atoms with van der Waals surface area (Å²) < 4.78 is 0. The van der Waals surface area contributed by atoms with Crippen LogP contribution in [0, 0.1) is 16.7 Å². The zero-order valence-corrected chi connectivity index (χ0v) is 12.4. The minimum atomic E-state index is 0.445. The summed E-state index contributed by atoms with van der Waals surface area (Å²) >= 11 is 0. The van der Waals surface area contributed by atoms with Crippen molar-refractivity contribution < 1.29 is 0 Å². The first-order chi connectivity index (χ1) is 8.36. The van der Waals surface area contributed by atoms with Crippen molar-refractivity contribution in [3.63, 3.8) is 0 Å². The lowest BCUT2D eigenvalue weighted by Crippen LogP contribution is -2.64. The lowest BCUT2D eigenvalue weighted by atomic mass is 9.43. The van der Waals surface area contributed by atoms with Crippen molar-refractivity contribution in [2.45, 2.75) is 71.3 Å². The normalized spacial score (nSPS) is 49.6. The van der Waals surface area contributed by atoms with E-state index in [9.17, 15) is 0 Å². The Hall–Kier alpha value is -0.300. The zero-order chi connectivity index (χ0) is 13.0. The van der Waals surface area contributed by atoms with Gasteiger partial charge >= 0.3 is 0 Å². The van der Waals surface area contributed by atoms with Gasteiger partial charge in [0.1, 0.15) is 0 Å². The summed E-state index contributed by atoms with van der Waals surface area (Å²) in [7, 11) is 0. The van der Waals surface area contributed by atoms with E-state index in [1.54, 1.807) is 0 Å². The van der Waals surface area contributed by atoms with Gasteiger partial charge in [-0.05, 0) is 61.7 Å². The first-order valence-corrected chi connectivity index (χ1v) is 7.78. The molecule has 0 amide bonds. The monoisotopic (exact) mass is 247 g/mol. The molecule has 0 aliphatic heterocycles. The van der Waals surface area contributed by atoms with Crippen LogP contribution < -0.4 is 5.32 Å². The predicted molar refractivity (Wildman–Crippen MR) is 77.6 cm³/mol. The van der Waals surface area contributed by atoms with Crippen molar-refractivity contribution in [1.82, 2.24) is 5.32 Å². The molecule has 102 valence electrons. The molecule has 4 aliphatic rings. The van der Waals surface area contributed by atoms with Crippen LogP contribution in [0.4, 0.5) is 0 Å². The van der Waals surface area contributed by atoms with Gasteiger partial charge in [-0.1, -0.05) is 32.9 Å². The van der Waals surface area contributed by atoms with Gasteiger partial charge in [-0.15, -0.1) is 0 Å². The second kappa shape index (κ2) is 3.85. The third kappa shape index (κ3) is 2.05. The molecule has 1 N–H and O–H groups in total. The molecular weight excluding hydrogens is 218 g/mol. The van der Waals surface area contributed by atoms with Crippen LogP contribution in [0.5, 0.6) is 0 Å². The van der Waals surface area contributed by atoms with Gasteiger partial charge in [-0.3, -0.25) is 0 Å². The molecule has 4 fully saturated rings. The molecule has 0 aromatic heterocycles. The Labute approximate surface area is 112 Å². The van der Waals surface area contributed by atoms with Gasteiger partial charge in [-0.2, -0.15) is 0 Å². The fourth-order valence-electron chi connectivity index (χ4n) is 6.08. The van der Waals surface area contributed by atoms with Crippen LogP contribution in [0.25, 0.3) is 0 Å². The van der Waals surface area contributed by atoms with E-state index in [1.165, 1.54) is 44.1 Å². The second-order valence-corrected chi connectivity index (χ2v) is 8.37. The SMILES string of the molecule is C=C(CC)CNC12CC3CC(C)(CC(C)(C3)C1)C2. The highest BCUT2D eigenvalue weighted by Crippen LogP contribution is 2.66. The number of nitrogens with one attached hydrogen (secondary N) is 1. The fourth-order valence-corrected chi connectivity index (χ4v) is 6.08. The molecule has 2 atom stereocenters. The molecule has 0 radical (unpaired) electrons. The van der Waals surface area contributed by atoms with Crippen LogP contribution in [-0.4, -0.2) is 12.1 Å². The molecule has 0 spiro atoms. The van der Waals surface area contributed by atoms with Crippen LogP contribution in [0.1, 0.15) is 65.7 Å². The summed E-state index contributed by atoms with van der Waals surface area (Å²) in [6.07, 6.45) is 9.79. The van der Waals surface area contributed by atoms with Crippen LogP contribution in [0.2, 0.25) is 0 Å². The zero-order valence-electron chi connectivity index (χ0n) is 12.4. The van der Waals surface area contributed by atoms with Crippen molar-refractivity contribution in [2.24, 2.45) is 16.7 Å². The van der Waals surface area contributed by atoms with Crippen LogP contribution in [0.15, 0.2) is 12.2 Å². The van der Waals surface area contributed by atoms with Crippen molar-refractivity contribution in [3.05, 3.63) is 12.2 Å². The van der Waals surface area contributed by atoms with E-state index < -0.39 is 0 Å². The summed E-state index contributed by atoms with van der Waals surface area (Å²) in [4.78, 5) is 0. The first kappa shape index (κ1) is 12.7. The van der Waals surface area contributed by atoms with Gasteiger partial charge in [-0.25, -0.2) is 0 Å². The van der Waals surface area contributed by atoms with Crippen molar-refractivity contribution >= 4 is 0 Å². The van der Waals surface area contributed by atoms with E-state index in [2.05, 4.69) is 32.7 Å². The maximum atomic E-state index is 4.16. The van der Waals surface area contributed by atoms with Crippen molar-refractivity contribution in [2.75, 3.05) is 6.54 Å². The minimum Gasteiger partial charge on any atom is -0.307 e. The average Bonchev–Trinajstić information content (AvgIpc) is 2.21. The Morgan fingerprint density at radius 3 is 2.22 bits per heavy atom. The molecule has 18 heavy (non-hydrogen) atoms. The molecule has 4 rings (SSSR count). The first-order valence-electron chi connectivity index (χ1n) is 7.78.